The van der Waals surface area contributed by atoms with Gasteiger partial charge in [0.05, 0.1) is 12.9 Å². The van der Waals surface area contributed by atoms with Gasteiger partial charge in [-0.3, -0.25) is 4.57 Å². The first-order valence-corrected chi connectivity index (χ1v) is 12.4. The van der Waals surface area contributed by atoms with Gasteiger partial charge >= 0.3 is 11.9 Å². The van der Waals surface area contributed by atoms with Crippen molar-refractivity contribution in [3.8, 4) is 0 Å². The average molecular weight is 588 g/mol. The van der Waals surface area contributed by atoms with Gasteiger partial charge in [0.2, 0.25) is 11.6 Å². The summed E-state index contributed by atoms with van der Waals surface area (Å²) in [5.74, 6) is -3.70. The number of rotatable bonds is 11. The molecule has 5 N–H and O–H groups in total. The molecule has 0 fully saturated rings. The van der Waals surface area contributed by atoms with Crippen LogP contribution in [0.1, 0.15) is 11.9 Å². The Balaban J connectivity index is 1.60. The van der Waals surface area contributed by atoms with E-state index in [0.717, 1.165) is 22.7 Å². The third kappa shape index (κ3) is 5.10. The van der Waals surface area contributed by atoms with Gasteiger partial charge in [-0.25, -0.2) is 19.0 Å². The normalized spacial score (nSPS) is 14.6. The molecule has 38 heavy (non-hydrogen) atoms. The Labute approximate surface area is 227 Å². The van der Waals surface area contributed by atoms with Crippen LogP contribution >= 0.6 is 34.5 Å². The standard InChI is InChI=1S/C22H20Cl2FN5O7S/c1-36-12(15(31)16(25)30-8-27-14-17(26)28-21(24)29-18(14)30)6-37-22(19(32)33,20(34)35)5-9-7-38-13-3-2-10(23)4-11(9)13/h2-4,7-8,12,15-16,31H,5-6H2,1H3,(H,32,33)(H,34,35)(H2,26,28,29)/t12-,15-,16-/m1/s1. The highest BCUT2D eigenvalue weighted by Gasteiger charge is 2.50. The third-order valence-corrected chi connectivity index (χ3v) is 7.31. The lowest BCUT2D eigenvalue weighted by Gasteiger charge is -2.30. The number of aliphatic hydroxyl groups excluding tert-OH is 1. The molecule has 0 spiro atoms. The largest absolute Gasteiger partial charge is 0.479 e. The maximum Gasteiger partial charge on any atom is 0.348 e. The Hall–Kier alpha value is -3.14. The SMILES string of the molecule is CO[C@H](COC(Cc1csc2ccc(Cl)cc12)(C(=O)O)C(=O)O)[C@@H](O)[C@H](F)n1cnc2c(N)nc(Cl)nc21. The minimum atomic E-state index is -2.78. The van der Waals surface area contributed by atoms with Gasteiger partial charge in [-0.1, -0.05) is 11.6 Å². The number of imidazole rings is 1. The van der Waals surface area contributed by atoms with Crippen molar-refractivity contribution in [2.24, 2.45) is 0 Å². The first-order chi connectivity index (χ1) is 18.0. The number of nitrogens with two attached hydrogens (primary N) is 1. The van der Waals surface area contributed by atoms with E-state index in [1.54, 1.807) is 23.6 Å². The number of carbonyl (C=O) groups is 2. The zero-order valence-corrected chi connectivity index (χ0v) is 21.7. The number of alkyl halides is 1. The molecule has 0 saturated heterocycles. The number of hydrogen-bond donors (Lipinski definition) is 4. The molecule has 12 nitrogen and oxygen atoms in total. The van der Waals surface area contributed by atoms with Gasteiger partial charge < -0.3 is 30.5 Å². The van der Waals surface area contributed by atoms with Gasteiger partial charge in [0.1, 0.15) is 17.7 Å². The van der Waals surface area contributed by atoms with E-state index in [2.05, 4.69) is 15.0 Å². The van der Waals surface area contributed by atoms with Gasteiger partial charge in [-0.15, -0.1) is 11.3 Å². The first kappa shape index (κ1) is 27.9. The summed E-state index contributed by atoms with van der Waals surface area (Å²) in [6.07, 6.45) is -5.30. The van der Waals surface area contributed by atoms with Crippen molar-refractivity contribution in [1.82, 2.24) is 19.5 Å². The molecule has 0 saturated carbocycles. The number of nitrogens with zero attached hydrogens (tertiary/aromatic N) is 4. The predicted octanol–water partition coefficient (Wildman–Crippen LogP) is 2.94. The van der Waals surface area contributed by atoms with E-state index in [0.29, 0.717) is 16.0 Å². The fourth-order valence-electron chi connectivity index (χ4n) is 3.84. The average Bonchev–Trinajstić information content (AvgIpc) is 3.46. The number of fused-ring (bicyclic) bond motifs is 2. The zero-order chi connectivity index (χ0) is 27.8. The molecule has 0 radical (unpaired) electrons. The second-order valence-electron chi connectivity index (χ2n) is 8.17. The van der Waals surface area contributed by atoms with Crippen LogP contribution in [0.3, 0.4) is 0 Å². The fourth-order valence-corrected chi connectivity index (χ4v) is 5.13. The number of aliphatic carboxylic acids is 2. The van der Waals surface area contributed by atoms with Crippen molar-refractivity contribution in [2.45, 2.75) is 30.5 Å². The Bertz CT molecular complexity index is 1500. The summed E-state index contributed by atoms with van der Waals surface area (Å²) in [5, 5.41) is 32.8. The highest BCUT2D eigenvalue weighted by molar-refractivity contribution is 7.17. The van der Waals surface area contributed by atoms with Crippen molar-refractivity contribution in [1.29, 1.82) is 0 Å². The molecule has 4 rings (SSSR count). The number of thiophene rings is 1. The number of hydrogen-bond acceptors (Lipinski definition) is 10. The van der Waals surface area contributed by atoms with Crippen molar-refractivity contribution in [3.63, 3.8) is 0 Å². The topological polar surface area (TPSA) is 183 Å². The summed E-state index contributed by atoms with van der Waals surface area (Å²) >= 11 is 13.1. The Morgan fingerprint density at radius 1 is 1.26 bits per heavy atom. The Kier molecular flexibility index (Phi) is 8.01. The lowest BCUT2D eigenvalue weighted by atomic mass is 9.93. The number of nitrogen functional groups attached to an aromatic ring is 1. The molecule has 3 heterocycles. The lowest BCUT2D eigenvalue weighted by molar-refractivity contribution is -0.192. The van der Waals surface area contributed by atoms with Gasteiger partial charge in [0, 0.05) is 23.3 Å². The molecule has 3 atom stereocenters. The molecule has 0 amide bonds. The second kappa shape index (κ2) is 10.9. The molecule has 0 aliphatic carbocycles. The summed E-state index contributed by atoms with van der Waals surface area (Å²) in [5.41, 5.74) is 3.23. The highest BCUT2D eigenvalue weighted by atomic mass is 35.5. The van der Waals surface area contributed by atoms with Crippen LogP contribution in [0.4, 0.5) is 10.2 Å². The van der Waals surface area contributed by atoms with Crippen LogP contribution in [0.15, 0.2) is 29.9 Å². The van der Waals surface area contributed by atoms with Gasteiger partial charge in [0.15, 0.2) is 11.5 Å². The Morgan fingerprint density at radius 2 is 1.97 bits per heavy atom. The fraction of sp³-hybridized carbons (Fsp3) is 0.318. The van der Waals surface area contributed by atoms with E-state index in [1.807, 2.05) is 0 Å². The van der Waals surface area contributed by atoms with Crippen molar-refractivity contribution in [2.75, 3.05) is 19.5 Å². The molecule has 0 aliphatic rings. The molecule has 4 aromatic rings. The predicted molar refractivity (Wildman–Crippen MR) is 136 cm³/mol. The molecule has 0 aliphatic heterocycles. The number of methoxy groups -OCH3 is 1. The summed E-state index contributed by atoms with van der Waals surface area (Å²) in [6.45, 7) is -0.802. The number of aromatic nitrogens is 4. The number of carboxylic acids is 2. The molecular formula is C22H20Cl2FN5O7S. The van der Waals surface area contributed by atoms with Crippen LogP contribution in [-0.4, -0.2) is 78.3 Å². The number of benzene rings is 1. The molecule has 3 aromatic heterocycles. The van der Waals surface area contributed by atoms with E-state index in [9.17, 15) is 24.9 Å². The van der Waals surface area contributed by atoms with Crippen LogP contribution in [0.25, 0.3) is 21.3 Å². The summed E-state index contributed by atoms with van der Waals surface area (Å²) in [7, 11) is 1.12. The monoisotopic (exact) mass is 587 g/mol. The van der Waals surface area contributed by atoms with Gasteiger partial charge in [0.25, 0.3) is 5.60 Å². The number of ether oxygens (including phenoxy) is 2. The molecule has 16 heteroatoms. The smallest absolute Gasteiger partial charge is 0.348 e. The van der Waals surface area contributed by atoms with Crippen molar-refractivity contribution < 1.29 is 38.8 Å². The van der Waals surface area contributed by atoms with Gasteiger partial charge in [-0.2, -0.15) is 9.97 Å². The number of aliphatic hydroxyl groups is 1. The maximum absolute atomic E-state index is 15.4. The van der Waals surface area contributed by atoms with Gasteiger partial charge in [-0.05, 0) is 46.1 Å². The molecular weight excluding hydrogens is 568 g/mol. The maximum atomic E-state index is 15.4. The summed E-state index contributed by atoms with van der Waals surface area (Å²) in [6, 6.07) is 4.96. The van der Waals surface area contributed by atoms with Crippen LogP contribution in [-0.2, 0) is 25.5 Å². The summed E-state index contributed by atoms with van der Waals surface area (Å²) < 4.78 is 27.5. The van der Waals surface area contributed by atoms with E-state index in [-0.39, 0.29) is 22.3 Å². The Morgan fingerprint density at radius 3 is 2.63 bits per heavy atom. The van der Waals surface area contributed by atoms with Crippen LogP contribution in [0.5, 0.6) is 0 Å². The second-order valence-corrected chi connectivity index (χ2v) is 9.85. The van der Waals surface area contributed by atoms with Crippen molar-refractivity contribution in [3.05, 3.63) is 45.8 Å². The van der Waals surface area contributed by atoms with Crippen molar-refractivity contribution >= 4 is 73.5 Å². The number of halogens is 3. The lowest BCUT2D eigenvalue weighted by Crippen LogP contribution is -2.53. The van der Waals surface area contributed by atoms with E-state index >= 15 is 4.39 Å². The van der Waals surface area contributed by atoms with Crippen LogP contribution in [0.2, 0.25) is 10.3 Å². The number of carboxylic acid groups (broad SMARTS) is 2. The van der Waals surface area contributed by atoms with E-state index in [1.165, 1.54) is 11.3 Å². The minimum absolute atomic E-state index is 0.0355. The molecule has 1 aromatic carbocycles. The molecule has 202 valence electrons. The summed E-state index contributed by atoms with van der Waals surface area (Å²) in [4.78, 5) is 36.0. The highest BCUT2D eigenvalue weighted by Crippen LogP contribution is 2.33. The first-order valence-electron chi connectivity index (χ1n) is 10.8. The van der Waals surface area contributed by atoms with Crippen LogP contribution < -0.4 is 5.73 Å². The quantitative estimate of drug-likeness (QED) is 0.149. The minimum Gasteiger partial charge on any atom is -0.479 e. The molecule has 0 unspecified atom stereocenters. The third-order valence-electron chi connectivity index (χ3n) is 5.89. The van der Waals surface area contributed by atoms with E-state index < -0.39 is 49.1 Å². The zero-order valence-electron chi connectivity index (χ0n) is 19.4. The van der Waals surface area contributed by atoms with Crippen LogP contribution in [0, 0.1) is 0 Å². The number of anilines is 1. The molecule has 0 bridgehead atoms. The van der Waals surface area contributed by atoms with E-state index in [4.69, 9.17) is 38.4 Å².